The number of nitrogens with two attached hydrogens (primary N) is 1. The Bertz CT molecular complexity index is 314. The van der Waals surface area contributed by atoms with Gasteiger partial charge in [-0.25, -0.2) is 0 Å². The van der Waals surface area contributed by atoms with Gasteiger partial charge in [0.1, 0.15) is 0 Å². The van der Waals surface area contributed by atoms with E-state index in [0.29, 0.717) is 5.89 Å². The molecule has 0 radical (unpaired) electrons. The molecule has 1 heterocycles. The van der Waals surface area contributed by atoms with Crippen LogP contribution in [-0.4, -0.2) is 10.1 Å². The number of nitrogens with zero attached hydrogens (tertiary/aromatic N) is 2. The van der Waals surface area contributed by atoms with Gasteiger partial charge in [0.2, 0.25) is 5.89 Å². The maximum absolute atomic E-state index is 5.96. The van der Waals surface area contributed by atoms with Crippen molar-refractivity contribution in [1.29, 1.82) is 0 Å². The third-order valence-corrected chi connectivity index (χ3v) is 2.36. The third-order valence-electron chi connectivity index (χ3n) is 2.36. The Morgan fingerprint density at radius 3 is 2.62 bits per heavy atom. The van der Waals surface area contributed by atoms with Gasteiger partial charge < -0.3 is 10.3 Å². The number of hydrogen-bond acceptors (Lipinski definition) is 4. The van der Waals surface area contributed by atoms with Crippen molar-refractivity contribution >= 4 is 0 Å². The molecule has 1 aromatic heterocycles. The Morgan fingerprint density at radius 2 is 2.06 bits per heavy atom. The first kappa shape index (κ1) is 13.2. The second-order valence-corrected chi connectivity index (χ2v) is 5.54. The number of hydrogen-bond donors (Lipinski definition) is 1. The molecule has 0 fully saturated rings. The summed E-state index contributed by atoms with van der Waals surface area (Å²) in [5.74, 6) is 1.34. The predicted octanol–water partition coefficient (Wildman–Crippen LogP) is 2.85. The minimum atomic E-state index is -0.110. The Morgan fingerprint density at radius 1 is 1.38 bits per heavy atom. The van der Waals surface area contributed by atoms with E-state index in [4.69, 9.17) is 10.3 Å². The fourth-order valence-electron chi connectivity index (χ4n) is 1.51. The topological polar surface area (TPSA) is 64.9 Å². The van der Waals surface area contributed by atoms with E-state index in [-0.39, 0.29) is 11.5 Å². The zero-order chi connectivity index (χ0) is 12.2. The van der Waals surface area contributed by atoms with E-state index in [2.05, 4.69) is 37.8 Å². The summed E-state index contributed by atoms with van der Waals surface area (Å²) in [5.41, 5.74) is 6.14. The highest BCUT2D eigenvalue weighted by Crippen LogP contribution is 2.20. The molecule has 0 saturated heterocycles. The summed E-state index contributed by atoms with van der Waals surface area (Å²) in [6.45, 7) is 8.60. The summed E-state index contributed by atoms with van der Waals surface area (Å²) in [6.07, 6.45) is 3.96. The van der Waals surface area contributed by atoms with Crippen molar-refractivity contribution in [3.05, 3.63) is 11.7 Å². The molecule has 4 nitrogen and oxygen atoms in total. The standard InChI is InChI=1S/C12H23N3O/c1-5-6-7-9(13)11-14-10(15-16-11)8-12(2,3)4/h9H,5-8,13H2,1-4H3/t9-/m0/s1. The molecule has 0 aromatic carbocycles. The molecule has 0 aliphatic rings. The van der Waals surface area contributed by atoms with Crippen molar-refractivity contribution in [2.24, 2.45) is 11.1 Å². The summed E-state index contributed by atoms with van der Waals surface area (Å²) in [5, 5.41) is 3.96. The lowest BCUT2D eigenvalue weighted by Crippen LogP contribution is -2.12. The lowest BCUT2D eigenvalue weighted by molar-refractivity contribution is 0.334. The van der Waals surface area contributed by atoms with Gasteiger partial charge in [0, 0.05) is 6.42 Å². The highest BCUT2D eigenvalue weighted by Gasteiger charge is 2.18. The van der Waals surface area contributed by atoms with Crippen LogP contribution in [-0.2, 0) is 6.42 Å². The Hall–Kier alpha value is -0.900. The van der Waals surface area contributed by atoms with Gasteiger partial charge in [0.05, 0.1) is 6.04 Å². The van der Waals surface area contributed by atoms with E-state index in [9.17, 15) is 0 Å². The first-order valence-corrected chi connectivity index (χ1v) is 6.00. The summed E-state index contributed by atoms with van der Waals surface area (Å²) in [7, 11) is 0. The van der Waals surface area contributed by atoms with Crippen molar-refractivity contribution in [3.63, 3.8) is 0 Å². The first-order chi connectivity index (χ1) is 7.42. The van der Waals surface area contributed by atoms with Crippen LogP contribution in [0.4, 0.5) is 0 Å². The van der Waals surface area contributed by atoms with E-state index >= 15 is 0 Å². The van der Waals surface area contributed by atoms with Gasteiger partial charge in [-0.2, -0.15) is 4.98 Å². The number of unbranched alkanes of at least 4 members (excludes halogenated alkanes) is 1. The minimum absolute atomic E-state index is 0.110. The average molecular weight is 225 g/mol. The summed E-state index contributed by atoms with van der Waals surface area (Å²) >= 11 is 0. The smallest absolute Gasteiger partial charge is 0.243 e. The molecule has 4 heteroatoms. The largest absolute Gasteiger partial charge is 0.338 e. The van der Waals surface area contributed by atoms with Crippen LogP contribution in [0.15, 0.2) is 4.52 Å². The van der Waals surface area contributed by atoms with Crippen LogP contribution in [0.3, 0.4) is 0 Å². The van der Waals surface area contributed by atoms with Crippen LogP contribution in [0.1, 0.15) is 64.7 Å². The van der Waals surface area contributed by atoms with Gasteiger partial charge in [-0.05, 0) is 11.8 Å². The highest BCUT2D eigenvalue weighted by molar-refractivity contribution is 4.93. The summed E-state index contributed by atoms with van der Waals surface area (Å²) < 4.78 is 5.18. The molecule has 1 aromatic rings. The van der Waals surface area contributed by atoms with Gasteiger partial charge in [-0.3, -0.25) is 0 Å². The van der Waals surface area contributed by atoms with Crippen LogP contribution in [0.25, 0.3) is 0 Å². The predicted molar refractivity (Wildman–Crippen MR) is 63.9 cm³/mol. The average Bonchev–Trinajstić information content (AvgIpc) is 2.59. The Kier molecular flexibility index (Phi) is 4.47. The monoisotopic (exact) mass is 225 g/mol. The van der Waals surface area contributed by atoms with E-state index in [0.717, 1.165) is 31.5 Å². The second kappa shape index (κ2) is 5.43. The second-order valence-electron chi connectivity index (χ2n) is 5.54. The van der Waals surface area contributed by atoms with E-state index < -0.39 is 0 Å². The Labute approximate surface area is 97.6 Å². The quantitative estimate of drug-likeness (QED) is 0.836. The molecule has 0 aliphatic carbocycles. The fourth-order valence-corrected chi connectivity index (χ4v) is 1.51. The zero-order valence-corrected chi connectivity index (χ0v) is 10.8. The molecule has 92 valence electrons. The zero-order valence-electron chi connectivity index (χ0n) is 10.8. The van der Waals surface area contributed by atoms with Crippen molar-refractivity contribution in [1.82, 2.24) is 10.1 Å². The van der Waals surface area contributed by atoms with Crippen LogP contribution >= 0.6 is 0 Å². The minimum Gasteiger partial charge on any atom is -0.338 e. The number of aromatic nitrogens is 2. The molecule has 0 saturated carbocycles. The van der Waals surface area contributed by atoms with Crippen molar-refractivity contribution in [3.8, 4) is 0 Å². The molecular formula is C12H23N3O. The third kappa shape index (κ3) is 4.31. The molecule has 0 unspecified atom stereocenters. The fraction of sp³-hybridized carbons (Fsp3) is 0.833. The molecule has 1 rings (SSSR count). The highest BCUT2D eigenvalue weighted by atomic mass is 16.5. The molecule has 0 spiro atoms. The lowest BCUT2D eigenvalue weighted by atomic mass is 9.92. The first-order valence-electron chi connectivity index (χ1n) is 6.00. The van der Waals surface area contributed by atoms with Gasteiger partial charge in [0.15, 0.2) is 5.82 Å². The molecule has 16 heavy (non-hydrogen) atoms. The van der Waals surface area contributed by atoms with Crippen molar-refractivity contribution in [2.75, 3.05) is 0 Å². The molecular weight excluding hydrogens is 202 g/mol. The van der Waals surface area contributed by atoms with Gasteiger partial charge in [0.25, 0.3) is 0 Å². The maximum atomic E-state index is 5.96. The van der Waals surface area contributed by atoms with E-state index in [1.165, 1.54) is 0 Å². The van der Waals surface area contributed by atoms with Gasteiger partial charge >= 0.3 is 0 Å². The molecule has 0 bridgehead atoms. The van der Waals surface area contributed by atoms with E-state index in [1.807, 2.05) is 0 Å². The molecule has 2 N–H and O–H groups in total. The molecule has 0 aliphatic heterocycles. The SMILES string of the molecule is CCCC[C@H](N)c1nc(CC(C)(C)C)no1. The van der Waals surface area contributed by atoms with Gasteiger partial charge in [-0.15, -0.1) is 0 Å². The van der Waals surface area contributed by atoms with E-state index in [1.54, 1.807) is 0 Å². The number of rotatable bonds is 5. The Balaban J connectivity index is 2.57. The van der Waals surface area contributed by atoms with Crippen LogP contribution in [0.2, 0.25) is 0 Å². The van der Waals surface area contributed by atoms with Crippen LogP contribution in [0.5, 0.6) is 0 Å². The molecule has 1 atom stereocenters. The van der Waals surface area contributed by atoms with Crippen molar-refractivity contribution < 1.29 is 4.52 Å². The lowest BCUT2D eigenvalue weighted by Gasteiger charge is -2.14. The normalized spacial score (nSPS) is 14.1. The molecule has 0 amide bonds. The summed E-state index contributed by atoms with van der Waals surface area (Å²) in [6, 6.07) is -0.110. The van der Waals surface area contributed by atoms with Crippen molar-refractivity contribution in [2.45, 2.75) is 59.4 Å². The maximum Gasteiger partial charge on any atom is 0.243 e. The van der Waals surface area contributed by atoms with Gasteiger partial charge in [-0.1, -0.05) is 45.7 Å². The van der Waals surface area contributed by atoms with Crippen LogP contribution < -0.4 is 5.73 Å². The van der Waals surface area contributed by atoms with Crippen LogP contribution in [0, 0.1) is 5.41 Å². The summed E-state index contributed by atoms with van der Waals surface area (Å²) in [4.78, 5) is 4.35.